The van der Waals surface area contributed by atoms with Crippen molar-refractivity contribution in [3.8, 4) is 0 Å². The van der Waals surface area contributed by atoms with Gasteiger partial charge in [0.05, 0.1) is 6.67 Å². The fourth-order valence-electron chi connectivity index (χ4n) is 0.513. The maximum atomic E-state index is 3.26. The average molecular weight is 148 g/mol. The molecule has 2 nitrogen and oxygen atoms in total. The van der Waals surface area contributed by atoms with E-state index in [1.807, 2.05) is 6.26 Å². The molecule has 2 N–H and O–H groups in total. The average Bonchev–Trinajstić information content (AvgIpc) is 1.89. The molecule has 3 heteroatoms. The molecule has 0 aromatic carbocycles. The van der Waals surface area contributed by atoms with Crippen molar-refractivity contribution < 1.29 is 0 Å². The lowest BCUT2D eigenvalue weighted by molar-refractivity contribution is 0.637. The van der Waals surface area contributed by atoms with Crippen LogP contribution in [0.3, 0.4) is 0 Å². The van der Waals surface area contributed by atoms with Crippen molar-refractivity contribution in [2.45, 2.75) is 19.8 Å². The summed E-state index contributed by atoms with van der Waals surface area (Å²) in [6, 6.07) is 0. The Bertz CT molecular complexity index is 44.3. The Morgan fingerprint density at radius 1 is 1.44 bits per heavy atom. The van der Waals surface area contributed by atoms with Crippen LogP contribution in [0.5, 0.6) is 0 Å². The zero-order chi connectivity index (χ0) is 6.95. The van der Waals surface area contributed by atoms with E-state index in [-0.39, 0.29) is 0 Å². The molecule has 56 valence electrons. The molecular formula is C6H16N2S. The Hall–Kier alpha value is 0.270. The molecule has 0 amide bonds. The second kappa shape index (κ2) is 8.27. The standard InChI is InChI=1S/C6H16N2S/c1-3-4-5-7-6-8-9-2/h7-8H,3-6H2,1-2H3. The third-order valence-electron chi connectivity index (χ3n) is 1.05. The molecular weight excluding hydrogens is 132 g/mol. The van der Waals surface area contributed by atoms with Crippen molar-refractivity contribution in [1.82, 2.24) is 10.0 Å². The van der Waals surface area contributed by atoms with Gasteiger partial charge in [0, 0.05) is 0 Å². The number of hydrogen-bond donors (Lipinski definition) is 2. The predicted molar refractivity (Wildman–Crippen MR) is 44.4 cm³/mol. The molecule has 0 saturated heterocycles. The van der Waals surface area contributed by atoms with Gasteiger partial charge in [0.15, 0.2) is 0 Å². The van der Waals surface area contributed by atoms with Crippen LogP contribution in [-0.4, -0.2) is 19.5 Å². The third-order valence-corrected chi connectivity index (χ3v) is 1.48. The van der Waals surface area contributed by atoms with Crippen LogP contribution in [0.25, 0.3) is 0 Å². The Morgan fingerprint density at radius 2 is 2.22 bits per heavy atom. The molecule has 0 rings (SSSR count). The van der Waals surface area contributed by atoms with Crippen molar-refractivity contribution in [3.63, 3.8) is 0 Å². The topological polar surface area (TPSA) is 24.1 Å². The second-order valence-electron chi connectivity index (χ2n) is 1.88. The fourth-order valence-corrected chi connectivity index (χ4v) is 0.760. The molecule has 0 aliphatic carbocycles. The minimum absolute atomic E-state index is 0.918. The largest absolute Gasteiger partial charge is 0.304 e. The Kier molecular flexibility index (Phi) is 8.52. The van der Waals surface area contributed by atoms with E-state index < -0.39 is 0 Å². The molecule has 9 heavy (non-hydrogen) atoms. The van der Waals surface area contributed by atoms with E-state index in [1.54, 1.807) is 11.9 Å². The molecule has 0 atom stereocenters. The summed E-state index contributed by atoms with van der Waals surface area (Å²) in [4.78, 5) is 0. The Labute approximate surface area is 61.9 Å². The molecule has 0 saturated carbocycles. The summed E-state index contributed by atoms with van der Waals surface area (Å²) in [6.07, 6.45) is 4.57. The number of hydrogen-bond acceptors (Lipinski definition) is 3. The van der Waals surface area contributed by atoms with Crippen LogP contribution in [0.4, 0.5) is 0 Å². The highest BCUT2D eigenvalue weighted by Crippen LogP contribution is 1.82. The molecule has 0 bridgehead atoms. The van der Waals surface area contributed by atoms with Gasteiger partial charge in [-0.2, -0.15) is 0 Å². The van der Waals surface area contributed by atoms with Gasteiger partial charge < -0.3 is 5.32 Å². The molecule has 0 aromatic heterocycles. The lowest BCUT2D eigenvalue weighted by Gasteiger charge is -2.01. The van der Waals surface area contributed by atoms with Crippen LogP contribution in [0.1, 0.15) is 19.8 Å². The number of nitrogens with one attached hydrogen (secondary N) is 2. The van der Waals surface area contributed by atoms with E-state index in [0.29, 0.717) is 0 Å². The normalized spacial score (nSPS) is 10.0. The Balaban J connectivity index is 2.60. The zero-order valence-corrected chi connectivity index (χ0v) is 7.05. The summed E-state index contributed by atoms with van der Waals surface area (Å²) >= 11 is 1.65. The molecule has 0 unspecified atom stereocenters. The van der Waals surface area contributed by atoms with Gasteiger partial charge in [0.2, 0.25) is 0 Å². The highest BCUT2D eigenvalue weighted by molar-refractivity contribution is 7.96. The van der Waals surface area contributed by atoms with E-state index >= 15 is 0 Å². The van der Waals surface area contributed by atoms with Gasteiger partial charge >= 0.3 is 0 Å². The van der Waals surface area contributed by atoms with Gasteiger partial charge in [-0.25, -0.2) is 0 Å². The van der Waals surface area contributed by atoms with Crippen molar-refractivity contribution >= 4 is 11.9 Å². The monoisotopic (exact) mass is 148 g/mol. The van der Waals surface area contributed by atoms with Crippen molar-refractivity contribution in [2.24, 2.45) is 0 Å². The van der Waals surface area contributed by atoms with Gasteiger partial charge in [-0.3, -0.25) is 4.72 Å². The maximum absolute atomic E-state index is 3.26. The first-order valence-corrected chi connectivity index (χ1v) is 4.60. The summed E-state index contributed by atoms with van der Waals surface area (Å²) < 4.78 is 3.11. The van der Waals surface area contributed by atoms with E-state index in [9.17, 15) is 0 Å². The van der Waals surface area contributed by atoms with Gasteiger partial charge in [-0.15, -0.1) is 0 Å². The van der Waals surface area contributed by atoms with E-state index in [2.05, 4.69) is 17.0 Å². The van der Waals surface area contributed by atoms with Gasteiger partial charge in [0.25, 0.3) is 0 Å². The van der Waals surface area contributed by atoms with Crippen LogP contribution in [0.2, 0.25) is 0 Å². The molecule has 0 fully saturated rings. The minimum Gasteiger partial charge on any atom is -0.304 e. The summed E-state index contributed by atoms with van der Waals surface area (Å²) in [5.74, 6) is 0. The summed E-state index contributed by atoms with van der Waals surface area (Å²) in [5, 5.41) is 3.26. The molecule has 0 radical (unpaired) electrons. The quantitative estimate of drug-likeness (QED) is 0.336. The first-order chi connectivity index (χ1) is 4.41. The lowest BCUT2D eigenvalue weighted by Crippen LogP contribution is -2.24. The van der Waals surface area contributed by atoms with E-state index in [4.69, 9.17) is 0 Å². The molecule has 0 heterocycles. The van der Waals surface area contributed by atoms with Gasteiger partial charge in [0.1, 0.15) is 0 Å². The van der Waals surface area contributed by atoms with Crippen LogP contribution in [0, 0.1) is 0 Å². The molecule has 0 spiro atoms. The van der Waals surface area contributed by atoms with Crippen molar-refractivity contribution in [3.05, 3.63) is 0 Å². The van der Waals surface area contributed by atoms with Gasteiger partial charge in [-0.05, 0) is 19.2 Å². The first kappa shape index (κ1) is 9.27. The van der Waals surface area contributed by atoms with Crippen LogP contribution >= 0.6 is 11.9 Å². The smallest absolute Gasteiger partial charge is 0.0552 e. The molecule has 0 aliphatic heterocycles. The predicted octanol–water partition coefficient (Wildman–Crippen LogP) is 1.20. The van der Waals surface area contributed by atoms with E-state index in [0.717, 1.165) is 13.2 Å². The van der Waals surface area contributed by atoms with Crippen LogP contribution in [0.15, 0.2) is 0 Å². The number of rotatable bonds is 6. The fraction of sp³-hybridized carbons (Fsp3) is 1.00. The second-order valence-corrected chi connectivity index (χ2v) is 2.58. The van der Waals surface area contributed by atoms with Crippen LogP contribution < -0.4 is 10.0 Å². The van der Waals surface area contributed by atoms with Gasteiger partial charge in [-0.1, -0.05) is 25.3 Å². The Morgan fingerprint density at radius 3 is 2.78 bits per heavy atom. The summed E-state index contributed by atoms with van der Waals surface area (Å²) in [7, 11) is 0. The lowest BCUT2D eigenvalue weighted by atomic mass is 10.3. The van der Waals surface area contributed by atoms with E-state index in [1.165, 1.54) is 12.8 Å². The minimum atomic E-state index is 0.918. The van der Waals surface area contributed by atoms with Crippen molar-refractivity contribution in [1.29, 1.82) is 0 Å². The zero-order valence-electron chi connectivity index (χ0n) is 6.24. The number of unbranched alkanes of at least 4 members (excludes halogenated alkanes) is 1. The SMILES string of the molecule is CCCCNCNSC. The molecule has 0 aliphatic rings. The van der Waals surface area contributed by atoms with Crippen LogP contribution in [-0.2, 0) is 0 Å². The molecule has 0 aromatic rings. The first-order valence-electron chi connectivity index (χ1n) is 3.38. The highest BCUT2D eigenvalue weighted by Gasteiger charge is 1.81. The van der Waals surface area contributed by atoms with Crippen molar-refractivity contribution in [2.75, 3.05) is 19.5 Å². The summed E-state index contributed by atoms with van der Waals surface area (Å²) in [6.45, 7) is 4.24. The third kappa shape index (κ3) is 8.27. The highest BCUT2D eigenvalue weighted by atomic mass is 32.2. The summed E-state index contributed by atoms with van der Waals surface area (Å²) in [5.41, 5.74) is 0. The maximum Gasteiger partial charge on any atom is 0.0552 e.